The largest absolute Gasteiger partial charge is 0.480 e. The SMILES string of the molecule is CCCc1ccc(-c2ccc(OCC(F)(F)Oc3cc(F)c(F)c(F)c3)c(F)c2)c(F)c1F. The van der Waals surface area contributed by atoms with Gasteiger partial charge < -0.3 is 9.47 Å². The summed E-state index contributed by atoms with van der Waals surface area (Å²) in [6, 6.07) is 5.91. The minimum atomic E-state index is -4.17. The summed E-state index contributed by atoms with van der Waals surface area (Å²) < 4.78 is 119. The minimum absolute atomic E-state index is 0.0560. The van der Waals surface area contributed by atoms with Crippen molar-refractivity contribution in [3.63, 3.8) is 0 Å². The van der Waals surface area contributed by atoms with Crippen molar-refractivity contribution in [2.75, 3.05) is 6.61 Å². The zero-order valence-corrected chi connectivity index (χ0v) is 17.0. The topological polar surface area (TPSA) is 18.5 Å². The van der Waals surface area contributed by atoms with Crippen molar-refractivity contribution in [3.05, 3.63) is 82.9 Å². The molecule has 0 N–H and O–H groups in total. The van der Waals surface area contributed by atoms with Gasteiger partial charge >= 0.3 is 6.11 Å². The third-order valence-corrected chi connectivity index (χ3v) is 4.54. The Bertz CT molecular complexity index is 1140. The van der Waals surface area contributed by atoms with Gasteiger partial charge in [0.25, 0.3) is 0 Å². The van der Waals surface area contributed by atoms with Crippen molar-refractivity contribution in [2.24, 2.45) is 0 Å². The molecule has 176 valence electrons. The molecule has 0 saturated heterocycles. The second-order valence-corrected chi connectivity index (χ2v) is 7.02. The lowest BCUT2D eigenvalue weighted by Crippen LogP contribution is -2.32. The third kappa shape index (κ3) is 5.55. The Morgan fingerprint density at radius 1 is 0.758 bits per heavy atom. The number of hydrogen-bond donors (Lipinski definition) is 0. The maximum atomic E-state index is 14.4. The molecule has 0 saturated carbocycles. The summed E-state index contributed by atoms with van der Waals surface area (Å²) >= 11 is 0. The van der Waals surface area contributed by atoms with E-state index in [1.165, 1.54) is 12.1 Å². The van der Waals surface area contributed by atoms with E-state index < -0.39 is 59.1 Å². The van der Waals surface area contributed by atoms with Crippen molar-refractivity contribution in [1.82, 2.24) is 0 Å². The third-order valence-electron chi connectivity index (χ3n) is 4.54. The molecule has 2 nitrogen and oxygen atoms in total. The molecule has 33 heavy (non-hydrogen) atoms. The first-order valence-corrected chi connectivity index (χ1v) is 9.63. The van der Waals surface area contributed by atoms with Gasteiger partial charge in [-0.3, -0.25) is 0 Å². The van der Waals surface area contributed by atoms with Crippen LogP contribution < -0.4 is 9.47 Å². The van der Waals surface area contributed by atoms with Crippen molar-refractivity contribution < 1.29 is 44.6 Å². The van der Waals surface area contributed by atoms with Gasteiger partial charge in [0.15, 0.2) is 47.3 Å². The Kier molecular flexibility index (Phi) is 7.14. The first kappa shape index (κ1) is 24.3. The van der Waals surface area contributed by atoms with Crippen LogP contribution in [-0.2, 0) is 6.42 Å². The number of ether oxygens (including phenoxy) is 2. The van der Waals surface area contributed by atoms with E-state index in [0.29, 0.717) is 12.8 Å². The van der Waals surface area contributed by atoms with Crippen LogP contribution in [0.1, 0.15) is 18.9 Å². The molecule has 3 aromatic rings. The summed E-state index contributed by atoms with van der Waals surface area (Å²) in [5.41, 5.74) is -0.117. The van der Waals surface area contributed by atoms with E-state index in [4.69, 9.17) is 0 Å². The first-order valence-electron chi connectivity index (χ1n) is 9.63. The van der Waals surface area contributed by atoms with E-state index >= 15 is 0 Å². The summed E-state index contributed by atoms with van der Waals surface area (Å²) in [5, 5.41) is 0. The van der Waals surface area contributed by atoms with E-state index in [9.17, 15) is 35.1 Å². The average molecular weight is 476 g/mol. The maximum absolute atomic E-state index is 14.4. The number of alkyl halides is 2. The highest BCUT2D eigenvalue weighted by atomic mass is 19.3. The number of aryl methyl sites for hydroxylation is 1. The first-order chi connectivity index (χ1) is 15.5. The Morgan fingerprint density at radius 3 is 2.03 bits per heavy atom. The molecule has 10 heteroatoms. The van der Waals surface area contributed by atoms with Gasteiger partial charge in [-0.1, -0.05) is 31.5 Å². The van der Waals surface area contributed by atoms with Crippen LogP contribution in [0.5, 0.6) is 11.5 Å². The summed E-state index contributed by atoms with van der Waals surface area (Å²) in [5.74, 6) is -10.4. The summed E-state index contributed by atoms with van der Waals surface area (Å²) in [6.07, 6.45) is -3.26. The van der Waals surface area contributed by atoms with Crippen molar-refractivity contribution >= 4 is 0 Å². The molecule has 3 rings (SSSR count). The Labute approximate surface area is 183 Å². The van der Waals surface area contributed by atoms with E-state index in [1.54, 1.807) is 6.92 Å². The Hall–Kier alpha value is -3.30. The molecule has 0 amide bonds. The van der Waals surface area contributed by atoms with Gasteiger partial charge in [-0.05, 0) is 29.7 Å². The van der Waals surface area contributed by atoms with Crippen LogP contribution in [0, 0.1) is 34.9 Å². The van der Waals surface area contributed by atoms with E-state index in [1.807, 2.05) is 0 Å². The van der Waals surface area contributed by atoms with Crippen molar-refractivity contribution in [2.45, 2.75) is 25.9 Å². The molecule has 0 unspecified atom stereocenters. The van der Waals surface area contributed by atoms with E-state index in [-0.39, 0.29) is 28.8 Å². The highest BCUT2D eigenvalue weighted by molar-refractivity contribution is 5.65. The fourth-order valence-electron chi connectivity index (χ4n) is 3.02. The molecule has 0 atom stereocenters. The maximum Gasteiger partial charge on any atom is 0.433 e. The zero-order valence-electron chi connectivity index (χ0n) is 17.0. The molecule has 3 aromatic carbocycles. The lowest BCUT2D eigenvalue weighted by atomic mass is 10.0. The second-order valence-electron chi connectivity index (χ2n) is 7.02. The highest BCUT2D eigenvalue weighted by Crippen LogP contribution is 2.31. The number of rotatable bonds is 8. The van der Waals surface area contributed by atoms with Crippen LogP contribution in [0.3, 0.4) is 0 Å². The summed E-state index contributed by atoms with van der Waals surface area (Å²) in [6.45, 7) is 0.225. The molecular weight excluding hydrogens is 460 g/mol. The van der Waals surface area contributed by atoms with Gasteiger partial charge in [0.1, 0.15) is 5.75 Å². The van der Waals surface area contributed by atoms with Gasteiger partial charge in [-0.2, -0.15) is 8.78 Å². The Balaban J connectivity index is 1.74. The van der Waals surface area contributed by atoms with Crippen LogP contribution in [-0.4, -0.2) is 12.7 Å². The van der Waals surface area contributed by atoms with Gasteiger partial charge in [0, 0.05) is 17.7 Å². The molecule has 0 spiro atoms. The lowest BCUT2D eigenvalue weighted by molar-refractivity contribution is -0.196. The molecular formula is C23H16F8O2. The van der Waals surface area contributed by atoms with Gasteiger partial charge in [-0.25, -0.2) is 26.3 Å². The van der Waals surface area contributed by atoms with Crippen LogP contribution in [0.15, 0.2) is 42.5 Å². The average Bonchev–Trinajstić information content (AvgIpc) is 2.74. The molecule has 0 radical (unpaired) electrons. The number of hydrogen-bond acceptors (Lipinski definition) is 2. The molecule has 0 bridgehead atoms. The standard InChI is InChI=1S/C23H16F8O2/c1-2-3-12-4-6-15(21(28)20(12)27)13-5-7-19(16(24)8-13)32-11-23(30,31)33-14-9-17(25)22(29)18(26)10-14/h4-10H,2-3,11H2,1H3. The molecule has 0 heterocycles. The van der Waals surface area contributed by atoms with E-state index in [2.05, 4.69) is 9.47 Å². The van der Waals surface area contributed by atoms with Crippen LogP contribution in [0.2, 0.25) is 0 Å². The number of benzene rings is 3. The van der Waals surface area contributed by atoms with Gasteiger partial charge in [0.2, 0.25) is 0 Å². The molecule has 0 aromatic heterocycles. The van der Waals surface area contributed by atoms with Crippen molar-refractivity contribution in [1.29, 1.82) is 0 Å². The molecule has 0 fully saturated rings. The summed E-state index contributed by atoms with van der Waals surface area (Å²) in [4.78, 5) is 0. The zero-order chi connectivity index (χ0) is 24.3. The van der Waals surface area contributed by atoms with E-state index in [0.717, 1.165) is 18.2 Å². The fraction of sp³-hybridized carbons (Fsp3) is 0.217. The molecule has 0 aliphatic carbocycles. The highest BCUT2D eigenvalue weighted by Gasteiger charge is 2.34. The second kappa shape index (κ2) is 9.68. The normalized spacial score (nSPS) is 11.5. The van der Waals surface area contributed by atoms with Crippen molar-refractivity contribution in [3.8, 4) is 22.6 Å². The van der Waals surface area contributed by atoms with Crippen LogP contribution >= 0.6 is 0 Å². The van der Waals surface area contributed by atoms with Crippen LogP contribution in [0.25, 0.3) is 11.1 Å². The summed E-state index contributed by atoms with van der Waals surface area (Å²) in [7, 11) is 0. The van der Waals surface area contributed by atoms with Gasteiger partial charge in [-0.15, -0.1) is 0 Å². The predicted octanol–water partition coefficient (Wildman–Crippen LogP) is 7.19. The monoisotopic (exact) mass is 476 g/mol. The minimum Gasteiger partial charge on any atom is -0.480 e. The lowest BCUT2D eigenvalue weighted by Gasteiger charge is -2.19. The smallest absolute Gasteiger partial charge is 0.433 e. The predicted molar refractivity (Wildman–Crippen MR) is 103 cm³/mol. The number of halogens is 8. The fourth-order valence-corrected chi connectivity index (χ4v) is 3.02. The quantitative estimate of drug-likeness (QED) is 0.253. The van der Waals surface area contributed by atoms with Crippen LogP contribution in [0.4, 0.5) is 35.1 Å². The Morgan fingerprint density at radius 2 is 1.42 bits per heavy atom. The molecule has 0 aliphatic heterocycles. The molecule has 0 aliphatic rings. The van der Waals surface area contributed by atoms with Gasteiger partial charge in [0.05, 0.1) is 0 Å².